The Morgan fingerprint density at radius 2 is 2.00 bits per heavy atom. The van der Waals surface area contributed by atoms with Crippen LogP contribution in [0, 0.1) is 5.92 Å². The number of benzene rings is 2. The average molecular weight is 477 g/mol. The van der Waals surface area contributed by atoms with Gasteiger partial charge in [0, 0.05) is 49.0 Å². The van der Waals surface area contributed by atoms with E-state index in [0.29, 0.717) is 37.9 Å². The van der Waals surface area contributed by atoms with Crippen molar-refractivity contribution in [1.82, 2.24) is 20.0 Å². The lowest BCUT2D eigenvalue weighted by molar-refractivity contribution is 0.0297. The summed E-state index contributed by atoms with van der Waals surface area (Å²) in [5, 5.41) is 11.1. The maximum absolute atomic E-state index is 13.4. The molecular formula is C28H36N4O3. The Bertz CT molecular complexity index is 1200. The first-order valence-corrected chi connectivity index (χ1v) is 12.8. The first-order chi connectivity index (χ1) is 17.0. The zero-order chi connectivity index (χ0) is 24.4. The molecule has 5 rings (SSSR count). The van der Waals surface area contributed by atoms with Crippen LogP contribution in [0.2, 0.25) is 0 Å². The Morgan fingerprint density at radius 1 is 1.20 bits per heavy atom. The molecule has 1 atom stereocenters. The van der Waals surface area contributed by atoms with E-state index >= 15 is 0 Å². The second-order valence-corrected chi connectivity index (χ2v) is 10.0. The number of methoxy groups -OCH3 is 1. The van der Waals surface area contributed by atoms with Gasteiger partial charge in [0.2, 0.25) is 0 Å². The van der Waals surface area contributed by atoms with Crippen molar-refractivity contribution in [2.75, 3.05) is 33.4 Å². The maximum Gasteiger partial charge on any atom is 0.274 e. The zero-order valence-corrected chi connectivity index (χ0v) is 21.0. The lowest BCUT2D eigenvalue weighted by atomic mass is 9.90. The van der Waals surface area contributed by atoms with Crippen molar-refractivity contribution in [2.24, 2.45) is 5.92 Å². The topological polar surface area (TPSA) is 68.6 Å². The van der Waals surface area contributed by atoms with E-state index in [9.17, 15) is 4.79 Å². The molecule has 0 spiro atoms. The van der Waals surface area contributed by atoms with Gasteiger partial charge in [-0.2, -0.15) is 5.10 Å². The highest BCUT2D eigenvalue weighted by Gasteiger charge is 2.32. The van der Waals surface area contributed by atoms with Crippen molar-refractivity contribution < 1.29 is 14.3 Å². The third kappa shape index (κ3) is 4.93. The minimum atomic E-state index is 0.0448. The molecule has 1 N–H and O–H groups in total. The van der Waals surface area contributed by atoms with E-state index < -0.39 is 0 Å². The first kappa shape index (κ1) is 23.8. The Balaban J connectivity index is 1.39. The standard InChI is InChI=1S/C28H36N4O3/c1-19(2)18-32-25-10-9-21(16-23(25)27(30-32)28(33)31-12-14-35-15-13-31)29-17-24-22-7-5-4-6-20(22)8-11-26(24)34-3/h4-8,11,19,21,29H,9-10,12-18H2,1-3H3/t21-/m1/s1. The van der Waals surface area contributed by atoms with Crippen LogP contribution < -0.4 is 10.1 Å². The third-order valence-electron chi connectivity index (χ3n) is 7.17. The minimum Gasteiger partial charge on any atom is -0.496 e. The Labute approximate surface area is 207 Å². The Hall–Kier alpha value is -2.90. The highest BCUT2D eigenvalue weighted by Crippen LogP contribution is 2.30. The van der Waals surface area contributed by atoms with Crippen molar-refractivity contribution in [1.29, 1.82) is 0 Å². The molecule has 2 heterocycles. The zero-order valence-electron chi connectivity index (χ0n) is 21.0. The highest BCUT2D eigenvalue weighted by molar-refractivity contribution is 5.94. The summed E-state index contributed by atoms with van der Waals surface area (Å²) in [6, 6.07) is 12.9. The molecule has 7 nitrogen and oxygen atoms in total. The molecule has 2 aliphatic rings. The van der Waals surface area contributed by atoms with Gasteiger partial charge in [-0.1, -0.05) is 44.2 Å². The van der Waals surface area contributed by atoms with Crippen LogP contribution >= 0.6 is 0 Å². The van der Waals surface area contributed by atoms with Crippen molar-refractivity contribution in [2.45, 2.75) is 52.2 Å². The van der Waals surface area contributed by atoms with Crippen LogP contribution in [0.3, 0.4) is 0 Å². The van der Waals surface area contributed by atoms with Gasteiger partial charge in [0.25, 0.3) is 5.91 Å². The number of rotatable bonds is 7. The molecule has 1 aromatic heterocycles. The van der Waals surface area contributed by atoms with Crippen LogP contribution in [0.4, 0.5) is 0 Å². The molecule has 1 fully saturated rings. The Kier molecular flexibility index (Phi) is 7.07. The van der Waals surface area contributed by atoms with E-state index in [1.165, 1.54) is 22.0 Å². The van der Waals surface area contributed by atoms with Gasteiger partial charge in [-0.15, -0.1) is 0 Å². The lowest BCUT2D eigenvalue weighted by Crippen LogP contribution is -2.41. The number of fused-ring (bicyclic) bond motifs is 2. The number of ether oxygens (including phenoxy) is 2. The molecular weight excluding hydrogens is 440 g/mol. The number of nitrogens with zero attached hydrogens (tertiary/aromatic N) is 3. The fourth-order valence-electron chi connectivity index (χ4n) is 5.38. The summed E-state index contributed by atoms with van der Waals surface area (Å²) < 4.78 is 13.2. The summed E-state index contributed by atoms with van der Waals surface area (Å²) in [5.74, 6) is 1.42. The molecule has 0 radical (unpaired) electrons. The second kappa shape index (κ2) is 10.4. The van der Waals surface area contributed by atoms with Gasteiger partial charge in [0.15, 0.2) is 5.69 Å². The molecule has 1 amide bonds. The normalized spacial score (nSPS) is 18.2. The maximum atomic E-state index is 13.4. The smallest absolute Gasteiger partial charge is 0.274 e. The van der Waals surface area contributed by atoms with Crippen LogP contribution in [0.25, 0.3) is 10.8 Å². The van der Waals surface area contributed by atoms with Crippen molar-refractivity contribution in [3.63, 3.8) is 0 Å². The first-order valence-electron chi connectivity index (χ1n) is 12.8. The van der Waals surface area contributed by atoms with E-state index in [1.54, 1.807) is 7.11 Å². The SMILES string of the molecule is COc1ccc2ccccc2c1CN[C@@H]1CCc2c(c(C(=O)N3CCOCC3)nn2CC(C)C)C1. The molecule has 3 aromatic rings. The molecule has 0 bridgehead atoms. The number of nitrogens with one attached hydrogen (secondary N) is 1. The fourth-order valence-corrected chi connectivity index (χ4v) is 5.38. The molecule has 7 heteroatoms. The van der Waals surface area contributed by atoms with E-state index in [-0.39, 0.29) is 11.9 Å². The van der Waals surface area contributed by atoms with Gasteiger partial charge in [0.05, 0.1) is 20.3 Å². The predicted octanol–water partition coefficient (Wildman–Crippen LogP) is 3.82. The van der Waals surface area contributed by atoms with Gasteiger partial charge < -0.3 is 19.7 Å². The van der Waals surface area contributed by atoms with Crippen LogP contribution in [-0.4, -0.2) is 60.0 Å². The Morgan fingerprint density at radius 3 is 2.77 bits per heavy atom. The molecule has 1 saturated heterocycles. The van der Waals surface area contributed by atoms with E-state index in [4.69, 9.17) is 14.6 Å². The third-order valence-corrected chi connectivity index (χ3v) is 7.17. The molecule has 0 saturated carbocycles. The van der Waals surface area contributed by atoms with Crippen LogP contribution in [0.15, 0.2) is 36.4 Å². The second-order valence-electron chi connectivity index (χ2n) is 10.0. The lowest BCUT2D eigenvalue weighted by Gasteiger charge is -2.28. The predicted molar refractivity (Wildman–Crippen MR) is 137 cm³/mol. The number of amides is 1. The van der Waals surface area contributed by atoms with Crippen LogP contribution in [0.1, 0.15) is 47.6 Å². The molecule has 186 valence electrons. The van der Waals surface area contributed by atoms with E-state index in [1.807, 2.05) is 11.0 Å². The van der Waals surface area contributed by atoms with Crippen molar-refractivity contribution >= 4 is 16.7 Å². The number of hydrogen-bond donors (Lipinski definition) is 1. The van der Waals surface area contributed by atoms with Gasteiger partial charge in [-0.05, 0) is 42.0 Å². The summed E-state index contributed by atoms with van der Waals surface area (Å²) in [6.45, 7) is 8.40. The number of hydrogen-bond acceptors (Lipinski definition) is 5. The van der Waals surface area contributed by atoms with Gasteiger partial charge in [-0.25, -0.2) is 0 Å². The summed E-state index contributed by atoms with van der Waals surface area (Å²) in [4.78, 5) is 15.3. The monoisotopic (exact) mass is 476 g/mol. The molecule has 35 heavy (non-hydrogen) atoms. The molecule has 1 aliphatic carbocycles. The number of carbonyl (C=O) groups is 1. The van der Waals surface area contributed by atoms with Crippen molar-refractivity contribution in [3.8, 4) is 5.75 Å². The minimum absolute atomic E-state index is 0.0448. The van der Waals surface area contributed by atoms with Gasteiger partial charge >= 0.3 is 0 Å². The summed E-state index contributed by atoms with van der Waals surface area (Å²) >= 11 is 0. The molecule has 2 aromatic carbocycles. The number of aromatic nitrogens is 2. The highest BCUT2D eigenvalue weighted by atomic mass is 16.5. The summed E-state index contributed by atoms with van der Waals surface area (Å²) in [6.07, 6.45) is 2.76. The summed E-state index contributed by atoms with van der Waals surface area (Å²) in [5.41, 5.74) is 4.17. The number of morpholine rings is 1. The quantitative estimate of drug-likeness (QED) is 0.562. The average Bonchev–Trinajstić information content (AvgIpc) is 3.24. The molecule has 1 aliphatic heterocycles. The van der Waals surface area contributed by atoms with E-state index in [2.05, 4.69) is 54.2 Å². The van der Waals surface area contributed by atoms with Gasteiger partial charge in [-0.3, -0.25) is 9.48 Å². The van der Waals surface area contributed by atoms with Crippen LogP contribution in [0.5, 0.6) is 5.75 Å². The van der Waals surface area contributed by atoms with Crippen molar-refractivity contribution in [3.05, 3.63) is 58.9 Å². The number of carbonyl (C=O) groups excluding carboxylic acids is 1. The van der Waals surface area contributed by atoms with Gasteiger partial charge in [0.1, 0.15) is 5.75 Å². The van der Waals surface area contributed by atoms with Crippen LogP contribution in [-0.2, 0) is 30.7 Å². The van der Waals surface area contributed by atoms with E-state index in [0.717, 1.165) is 43.7 Å². The molecule has 0 unspecified atom stereocenters. The fraction of sp³-hybridized carbons (Fsp3) is 0.500. The summed E-state index contributed by atoms with van der Waals surface area (Å²) in [7, 11) is 1.73. The largest absolute Gasteiger partial charge is 0.496 e.